The van der Waals surface area contributed by atoms with Crippen molar-refractivity contribution in [1.82, 2.24) is 4.90 Å². The Morgan fingerprint density at radius 1 is 1.00 bits per heavy atom. The molecule has 0 bridgehead atoms. The van der Waals surface area contributed by atoms with Gasteiger partial charge in [-0.05, 0) is 11.1 Å². The quantitative estimate of drug-likeness (QED) is 0.926. The molecule has 2 aromatic carbocycles. The fraction of sp³-hybridized carbons (Fsp3) is 0.235. The van der Waals surface area contributed by atoms with Crippen molar-refractivity contribution < 1.29 is 9.90 Å². The molecule has 0 aliphatic carbocycles. The smallest absolute Gasteiger partial charge is 0.325 e. The van der Waals surface area contributed by atoms with Crippen LogP contribution in [0.1, 0.15) is 23.1 Å². The Balaban J connectivity index is 1.72. The number of aliphatic carboxylic acids is 1. The third-order valence-electron chi connectivity index (χ3n) is 3.90. The van der Waals surface area contributed by atoms with Crippen molar-refractivity contribution in [2.45, 2.75) is 12.0 Å². The molecule has 0 amide bonds. The number of carboxylic acids is 1. The number of carboxylic acid groups (broad SMARTS) is 1. The minimum Gasteiger partial charge on any atom is -0.480 e. The zero-order valence-electron chi connectivity index (χ0n) is 11.1. The van der Waals surface area contributed by atoms with E-state index >= 15 is 0 Å². The van der Waals surface area contributed by atoms with Crippen molar-refractivity contribution in [2.75, 3.05) is 13.1 Å². The first kappa shape index (κ1) is 12.9. The van der Waals surface area contributed by atoms with Crippen LogP contribution in [0.2, 0.25) is 0 Å². The maximum atomic E-state index is 11.5. The third kappa shape index (κ3) is 2.45. The predicted octanol–water partition coefficient (Wildman–Crippen LogP) is 2.91. The second-order valence-corrected chi connectivity index (χ2v) is 5.21. The zero-order chi connectivity index (χ0) is 13.9. The second kappa shape index (κ2) is 5.47. The highest BCUT2D eigenvalue weighted by atomic mass is 16.4. The van der Waals surface area contributed by atoms with E-state index in [1.807, 2.05) is 53.4 Å². The molecule has 1 unspecified atom stereocenters. The number of nitrogens with zero attached hydrogens (tertiary/aromatic N) is 1. The van der Waals surface area contributed by atoms with Gasteiger partial charge in [0.25, 0.3) is 0 Å². The molecule has 0 radical (unpaired) electrons. The van der Waals surface area contributed by atoms with Gasteiger partial charge in [0.05, 0.1) is 0 Å². The molecule has 0 aromatic heterocycles. The molecule has 3 rings (SSSR count). The van der Waals surface area contributed by atoms with E-state index in [2.05, 4.69) is 12.1 Å². The van der Waals surface area contributed by atoms with Gasteiger partial charge < -0.3 is 5.11 Å². The van der Waals surface area contributed by atoms with Gasteiger partial charge in [-0.2, -0.15) is 0 Å². The highest BCUT2D eigenvalue weighted by Crippen LogP contribution is 2.34. The molecule has 0 spiro atoms. The van der Waals surface area contributed by atoms with Crippen LogP contribution in [-0.2, 0) is 4.79 Å². The number of likely N-dealkylation sites (tertiary alicyclic amines) is 1. The van der Waals surface area contributed by atoms with Gasteiger partial charge in [-0.15, -0.1) is 0 Å². The van der Waals surface area contributed by atoms with Crippen molar-refractivity contribution >= 4 is 5.97 Å². The minimum atomic E-state index is -0.775. The largest absolute Gasteiger partial charge is 0.480 e. The van der Waals surface area contributed by atoms with Crippen LogP contribution in [0.3, 0.4) is 0 Å². The van der Waals surface area contributed by atoms with E-state index < -0.39 is 12.0 Å². The Labute approximate surface area is 118 Å². The number of benzene rings is 2. The highest BCUT2D eigenvalue weighted by molar-refractivity contribution is 5.75. The fourth-order valence-electron chi connectivity index (χ4n) is 2.80. The van der Waals surface area contributed by atoms with Crippen molar-refractivity contribution in [3.63, 3.8) is 0 Å². The van der Waals surface area contributed by atoms with Crippen molar-refractivity contribution in [2.24, 2.45) is 0 Å². The third-order valence-corrected chi connectivity index (χ3v) is 3.90. The lowest BCUT2D eigenvalue weighted by molar-refractivity contribution is -0.145. The maximum absolute atomic E-state index is 11.5. The lowest BCUT2D eigenvalue weighted by Crippen LogP contribution is -2.49. The van der Waals surface area contributed by atoms with Crippen LogP contribution in [-0.4, -0.2) is 29.1 Å². The standard InChI is InChI=1S/C17H17NO2/c19-17(20)16(14-9-5-2-6-10-14)18-11-15(12-18)13-7-3-1-4-8-13/h1-10,15-16H,11-12H2,(H,19,20). The van der Waals surface area contributed by atoms with Crippen LogP contribution in [0.25, 0.3) is 0 Å². The Morgan fingerprint density at radius 2 is 1.55 bits per heavy atom. The first-order valence-electron chi connectivity index (χ1n) is 6.82. The van der Waals surface area contributed by atoms with Crippen molar-refractivity contribution in [3.05, 3.63) is 71.8 Å². The Hall–Kier alpha value is -2.13. The van der Waals surface area contributed by atoms with Gasteiger partial charge in [0.1, 0.15) is 6.04 Å². The molecule has 1 saturated heterocycles. The molecule has 1 atom stereocenters. The number of carbonyl (C=O) groups is 1. The van der Waals surface area contributed by atoms with E-state index in [-0.39, 0.29) is 0 Å². The molecular weight excluding hydrogens is 250 g/mol. The zero-order valence-corrected chi connectivity index (χ0v) is 11.1. The molecule has 1 aliphatic rings. The molecule has 102 valence electrons. The normalized spacial score (nSPS) is 17.4. The van der Waals surface area contributed by atoms with Crippen LogP contribution >= 0.6 is 0 Å². The average Bonchev–Trinajstić information content (AvgIpc) is 2.43. The predicted molar refractivity (Wildman–Crippen MR) is 77.6 cm³/mol. The topological polar surface area (TPSA) is 40.5 Å². The molecule has 20 heavy (non-hydrogen) atoms. The van der Waals surface area contributed by atoms with E-state index in [9.17, 15) is 9.90 Å². The van der Waals surface area contributed by atoms with Crippen LogP contribution in [0, 0.1) is 0 Å². The van der Waals surface area contributed by atoms with Crippen molar-refractivity contribution in [3.8, 4) is 0 Å². The molecule has 2 aromatic rings. The van der Waals surface area contributed by atoms with Crippen LogP contribution in [0.5, 0.6) is 0 Å². The van der Waals surface area contributed by atoms with Gasteiger partial charge in [-0.1, -0.05) is 60.7 Å². The Bertz CT molecular complexity index is 576. The molecule has 1 fully saturated rings. The Kier molecular flexibility index (Phi) is 3.52. The summed E-state index contributed by atoms with van der Waals surface area (Å²) in [5, 5.41) is 9.48. The highest BCUT2D eigenvalue weighted by Gasteiger charge is 2.37. The molecule has 1 N–H and O–H groups in total. The van der Waals surface area contributed by atoms with Gasteiger partial charge >= 0.3 is 5.97 Å². The van der Waals surface area contributed by atoms with Crippen molar-refractivity contribution in [1.29, 1.82) is 0 Å². The monoisotopic (exact) mass is 267 g/mol. The Morgan fingerprint density at radius 3 is 2.10 bits per heavy atom. The summed E-state index contributed by atoms with van der Waals surface area (Å²) in [5.41, 5.74) is 2.15. The lowest BCUT2D eigenvalue weighted by atomic mass is 9.88. The summed E-state index contributed by atoms with van der Waals surface area (Å²) < 4.78 is 0. The summed E-state index contributed by atoms with van der Waals surface area (Å²) in [4.78, 5) is 13.6. The number of hydrogen-bond acceptors (Lipinski definition) is 2. The maximum Gasteiger partial charge on any atom is 0.325 e. The summed E-state index contributed by atoms with van der Waals surface area (Å²) in [7, 11) is 0. The summed E-state index contributed by atoms with van der Waals surface area (Å²) in [6.07, 6.45) is 0. The molecule has 1 heterocycles. The molecule has 0 saturated carbocycles. The minimum absolute atomic E-state index is 0.446. The first-order valence-corrected chi connectivity index (χ1v) is 6.82. The second-order valence-electron chi connectivity index (χ2n) is 5.21. The van der Waals surface area contributed by atoms with Gasteiger partial charge in [0.15, 0.2) is 0 Å². The summed E-state index contributed by atoms with van der Waals surface area (Å²) in [6.45, 7) is 1.60. The SMILES string of the molecule is O=C(O)C(c1ccccc1)N1CC(c2ccccc2)C1. The molecular formula is C17H17NO2. The average molecular weight is 267 g/mol. The molecule has 3 nitrogen and oxygen atoms in total. The molecule has 3 heteroatoms. The van der Waals surface area contributed by atoms with E-state index in [0.717, 1.165) is 18.7 Å². The van der Waals surface area contributed by atoms with Crippen LogP contribution in [0.15, 0.2) is 60.7 Å². The van der Waals surface area contributed by atoms with E-state index in [4.69, 9.17) is 0 Å². The van der Waals surface area contributed by atoms with E-state index in [0.29, 0.717) is 5.92 Å². The van der Waals surface area contributed by atoms with Crippen LogP contribution < -0.4 is 0 Å². The first-order chi connectivity index (χ1) is 9.75. The van der Waals surface area contributed by atoms with Gasteiger partial charge in [-0.25, -0.2) is 0 Å². The van der Waals surface area contributed by atoms with Gasteiger partial charge in [0.2, 0.25) is 0 Å². The van der Waals surface area contributed by atoms with E-state index in [1.54, 1.807) is 0 Å². The summed E-state index contributed by atoms with van der Waals surface area (Å²) in [6, 6.07) is 19.2. The number of rotatable bonds is 4. The summed E-state index contributed by atoms with van der Waals surface area (Å²) >= 11 is 0. The van der Waals surface area contributed by atoms with Gasteiger partial charge in [0, 0.05) is 19.0 Å². The fourth-order valence-corrected chi connectivity index (χ4v) is 2.80. The number of hydrogen-bond donors (Lipinski definition) is 1. The summed E-state index contributed by atoms with van der Waals surface area (Å²) in [5.74, 6) is -0.329. The van der Waals surface area contributed by atoms with Crippen LogP contribution in [0.4, 0.5) is 0 Å². The molecule has 1 aliphatic heterocycles. The van der Waals surface area contributed by atoms with Gasteiger partial charge in [-0.3, -0.25) is 9.69 Å². The lowest BCUT2D eigenvalue weighted by Gasteiger charge is -2.43. The van der Waals surface area contributed by atoms with E-state index in [1.165, 1.54) is 5.56 Å².